The monoisotopic (exact) mass is 351 g/mol. The van der Waals surface area contributed by atoms with E-state index in [0.29, 0.717) is 17.2 Å². The molecule has 134 valence electrons. The summed E-state index contributed by atoms with van der Waals surface area (Å²) in [6.45, 7) is 4.19. The number of carbonyl (C=O) groups is 1. The maximum Gasteiger partial charge on any atom is 0.363 e. The molecule has 3 rings (SSSR count). The van der Waals surface area contributed by atoms with E-state index in [1.807, 2.05) is 36.4 Å². The second-order valence-electron chi connectivity index (χ2n) is 6.22. The van der Waals surface area contributed by atoms with Crippen molar-refractivity contribution in [3.63, 3.8) is 0 Å². The molecule has 0 unspecified atom stereocenters. The number of hydrogen-bond donors (Lipinski definition) is 0. The van der Waals surface area contributed by atoms with Crippen LogP contribution in [-0.2, 0) is 9.53 Å². The molecule has 1 aliphatic heterocycles. The average Bonchev–Trinajstić information content (AvgIpc) is 3.02. The van der Waals surface area contributed by atoms with Gasteiger partial charge in [-0.3, -0.25) is 0 Å². The number of benzene rings is 2. The van der Waals surface area contributed by atoms with E-state index in [1.165, 1.54) is 0 Å². The van der Waals surface area contributed by atoms with Crippen LogP contribution in [0.2, 0.25) is 0 Å². The van der Waals surface area contributed by atoms with Gasteiger partial charge >= 0.3 is 5.97 Å². The van der Waals surface area contributed by atoms with Crippen molar-refractivity contribution in [2.24, 2.45) is 4.99 Å². The Balaban J connectivity index is 1.94. The molecule has 2 aromatic rings. The normalized spacial score (nSPS) is 15.2. The Kier molecular flexibility index (Phi) is 5.07. The summed E-state index contributed by atoms with van der Waals surface area (Å²) in [5, 5.41) is 0. The van der Waals surface area contributed by atoms with Crippen molar-refractivity contribution < 1.29 is 19.0 Å². The lowest BCUT2D eigenvalue weighted by molar-refractivity contribution is -0.129. The van der Waals surface area contributed by atoms with Crippen molar-refractivity contribution in [2.75, 3.05) is 14.2 Å². The zero-order valence-corrected chi connectivity index (χ0v) is 15.3. The van der Waals surface area contributed by atoms with Crippen LogP contribution in [0.25, 0.3) is 6.08 Å². The fourth-order valence-corrected chi connectivity index (χ4v) is 2.74. The molecule has 0 fully saturated rings. The molecule has 0 atom stereocenters. The zero-order chi connectivity index (χ0) is 18.7. The lowest BCUT2D eigenvalue weighted by Gasteiger charge is -2.12. The first-order chi connectivity index (χ1) is 12.5. The minimum Gasteiger partial charge on any atom is -0.497 e. The fraction of sp³-hybridized carbons (Fsp3) is 0.238. The SMILES string of the molecule is COc1cccc(C2=N/C(=C/c3ccc(OC)c(C(C)C)c3)C(=O)O2)c1. The standard InChI is InChI=1S/C21H21NO4/c1-13(2)17-10-14(8-9-19(17)25-4)11-18-21(23)26-20(22-18)15-6-5-7-16(12-15)24-3/h5-13H,1-4H3/b18-11+. The number of rotatable bonds is 5. The summed E-state index contributed by atoms with van der Waals surface area (Å²) in [4.78, 5) is 16.5. The van der Waals surface area contributed by atoms with Crippen molar-refractivity contribution in [1.82, 2.24) is 0 Å². The highest BCUT2D eigenvalue weighted by molar-refractivity contribution is 6.13. The minimum atomic E-state index is -0.468. The third-order valence-electron chi connectivity index (χ3n) is 4.12. The van der Waals surface area contributed by atoms with Gasteiger partial charge in [0.15, 0.2) is 5.70 Å². The molecule has 0 aromatic heterocycles. The third-order valence-corrected chi connectivity index (χ3v) is 4.12. The van der Waals surface area contributed by atoms with E-state index in [2.05, 4.69) is 18.8 Å². The molecule has 5 nitrogen and oxygen atoms in total. The molecule has 0 amide bonds. The molecule has 0 N–H and O–H groups in total. The van der Waals surface area contributed by atoms with Crippen molar-refractivity contribution >= 4 is 17.9 Å². The van der Waals surface area contributed by atoms with Gasteiger partial charge in [0, 0.05) is 5.56 Å². The summed E-state index contributed by atoms with van der Waals surface area (Å²) in [7, 11) is 3.24. The number of cyclic esters (lactones) is 1. The highest BCUT2D eigenvalue weighted by Gasteiger charge is 2.24. The van der Waals surface area contributed by atoms with Gasteiger partial charge < -0.3 is 14.2 Å². The molecule has 26 heavy (non-hydrogen) atoms. The smallest absolute Gasteiger partial charge is 0.363 e. The van der Waals surface area contributed by atoms with Crippen LogP contribution in [0, 0.1) is 0 Å². The lowest BCUT2D eigenvalue weighted by Crippen LogP contribution is -2.05. The average molecular weight is 351 g/mol. The van der Waals surface area contributed by atoms with E-state index in [0.717, 1.165) is 16.9 Å². The number of ether oxygens (including phenoxy) is 3. The molecular formula is C21H21NO4. The van der Waals surface area contributed by atoms with E-state index >= 15 is 0 Å². The molecule has 0 spiro atoms. The first-order valence-electron chi connectivity index (χ1n) is 8.36. The molecule has 1 heterocycles. The van der Waals surface area contributed by atoms with Crippen LogP contribution in [0.1, 0.15) is 36.5 Å². The maximum atomic E-state index is 12.2. The van der Waals surface area contributed by atoms with Crippen molar-refractivity contribution in [3.8, 4) is 11.5 Å². The van der Waals surface area contributed by atoms with E-state index in [9.17, 15) is 4.79 Å². The van der Waals surface area contributed by atoms with Gasteiger partial charge in [0.05, 0.1) is 14.2 Å². The second kappa shape index (κ2) is 7.44. The Morgan fingerprint density at radius 3 is 2.58 bits per heavy atom. The molecule has 2 aromatic carbocycles. The van der Waals surface area contributed by atoms with Crippen molar-refractivity contribution in [1.29, 1.82) is 0 Å². The van der Waals surface area contributed by atoms with E-state index < -0.39 is 5.97 Å². The Bertz CT molecular complexity index is 897. The summed E-state index contributed by atoms with van der Waals surface area (Å²) in [5.74, 6) is 1.62. The number of carbonyl (C=O) groups excluding carboxylic acids is 1. The topological polar surface area (TPSA) is 57.1 Å². The van der Waals surface area contributed by atoms with Crippen LogP contribution in [0.4, 0.5) is 0 Å². The summed E-state index contributed by atoms with van der Waals surface area (Å²) in [6.07, 6.45) is 1.72. The van der Waals surface area contributed by atoms with E-state index in [-0.39, 0.29) is 11.6 Å². The van der Waals surface area contributed by atoms with Gasteiger partial charge in [-0.15, -0.1) is 0 Å². The fourth-order valence-electron chi connectivity index (χ4n) is 2.74. The Hall–Kier alpha value is -3.08. The molecular weight excluding hydrogens is 330 g/mol. The van der Waals surface area contributed by atoms with Crippen molar-refractivity contribution in [2.45, 2.75) is 19.8 Å². The maximum absolute atomic E-state index is 12.2. The molecule has 1 aliphatic rings. The van der Waals surface area contributed by atoms with Crippen molar-refractivity contribution in [3.05, 3.63) is 64.9 Å². The largest absolute Gasteiger partial charge is 0.497 e. The Morgan fingerprint density at radius 1 is 1.08 bits per heavy atom. The van der Waals surface area contributed by atoms with Crippen LogP contribution in [-0.4, -0.2) is 26.1 Å². The van der Waals surface area contributed by atoms with Crippen LogP contribution >= 0.6 is 0 Å². The van der Waals surface area contributed by atoms with Gasteiger partial charge in [-0.05, 0) is 53.5 Å². The van der Waals surface area contributed by atoms with Gasteiger partial charge in [-0.1, -0.05) is 26.0 Å². The number of methoxy groups -OCH3 is 2. The van der Waals surface area contributed by atoms with Crippen LogP contribution in [0.3, 0.4) is 0 Å². The molecule has 0 saturated heterocycles. The van der Waals surface area contributed by atoms with Gasteiger partial charge in [0.2, 0.25) is 5.90 Å². The highest BCUT2D eigenvalue weighted by Crippen LogP contribution is 2.29. The molecule has 0 bridgehead atoms. The first-order valence-corrected chi connectivity index (χ1v) is 8.36. The quantitative estimate of drug-likeness (QED) is 0.599. The minimum absolute atomic E-state index is 0.266. The van der Waals surface area contributed by atoms with Gasteiger partial charge in [0.1, 0.15) is 11.5 Å². The number of aliphatic imine (C=N–C) groups is 1. The molecule has 0 radical (unpaired) electrons. The number of hydrogen-bond acceptors (Lipinski definition) is 5. The predicted molar refractivity (Wildman–Crippen MR) is 101 cm³/mol. The third kappa shape index (κ3) is 3.61. The Labute approximate surface area is 152 Å². The summed E-state index contributed by atoms with van der Waals surface area (Å²) >= 11 is 0. The van der Waals surface area contributed by atoms with Crippen LogP contribution < -0.4 is 9.47 Å². The molecule has 0 aliphatic carbocycles. The Morgan fingerprint density at radius 2 is 1.88 bits per heavy atom. The summed E-state index contributed by atoms with van der Waals surface area (Å²) < 4.78 is 15.9. The number of nitrogens with zero attached hydrogens (tertiary/aromatic N) is 1. The summed E-state index contributed by atoms with van der Waals surface area (Å²) in [6, 6.07) is 13.0. The zero-order valence-electron chi connectivity index (χ0n) is 15.3. The van der Waals surface area contributed by atoms with Gasteiger partial charge in [-0.25, -0.2) is 9.79 Å². The summed E-state index contributed by atoms with van der Waals surface area (Å²) in [5.41, 5.74) is 2.91. The first kappa shape index (κ1) is 17.7. The second-order valence-corrected chi connectivity index (χ2v) is 6.22. The van der Waals surface area contributed by atoms with Gasteiger partial charge in [0.25, 0.3) is 0 Å². The highest BCUT2D eigenvalue weighted by atomic mass is 16.6. The van der Waals surface area contributed by atoms with Crippen LogP contribution in [0.5, 0.6) is 11.5 Å². The van der Waals surface area contributed by atoms with Gasteiger partial charge in [-0.2, -0.15) is 0 Å². The molecule has 5 heteroatoms. The lowest BCUT2D eigenvalue weighted by atomic mass is 9.99. The molecule has 0 saturated carbocycles. The number of esters is 1. The van der Waals surface area contributed by atoms with E-state index in [4.69, 9.17) is 14.2 Å². The predicted octanol–water partition coefficient (Wildman–Crippen LogP) is 4.17. The van der Waals surface area contributed by atoms with E-state index in [1.54, 1.807) is 26.4 Å². The van der Waals surface area contributed by atoms with Crippen LogP contribution in [0.15, 0.2) is 53.2 Å².